The quantitative estimate of drug-likeness (QED) is 0.630. The molecule has 0 saturated heterocycles. The van der Waals surface area contributed by atoms with Crippen LogP contribution in [0.5, 0.6) is 0 Å². The van der Waals surface area contributed by atoms with E-state index in [1.54, 1.807) is 11.3 Å². The number of nitrogens with zero attached hydrogens (tertiary/aromatic N) is 1. The van der Waals surface area contributed by atoms with Crippen molar-refractivity contribution >= 4 is 34.2 Å². The lowest BCUT2D eigenvalue weighted by Gasteiger charge is -1.95. The van der Waals surface area contributed by atoms with Crippen LogP contribution in [0.4, 0.5) is 0 Å². The summed E-state index contributed by atoms with van der Waals surface area (Å²) in [5, 5.41) is 1.06. The molecule has 0 atom stereocenters. The molecule has 0 radical (unpaired) electrons. The molecular weight excluding hydrogens is 234 g/mol. The predicted octanol–water partition coefficient (Wildman–Crippen LogP) is 4.25. The molecule has 3 rings (SSSR count). The maximum absolute atomic E-state index is 4.61. The van der Waals surface area contributed by atoms with Gasteiger partial charge in [0, 0.05) is 10.5 Å². The molecule has 0 saturated carbocycles. The number of hydrogen-bond donors (Lipinski definition) is 1. The number of thiazole rings is 1. The first-order chi connectivity index (χ1) is 7.83. The molecule has 3 aromatic rings. The molecule has 0 spiro atoms. The van der Waals surface area contributed by atoms with E-state index < -0.39 is 0 Å². The van der Waals surface area contributed by atoms with Crippen LogP contribution in [0.2, 0.25) is 0 Å². The highest BCUT2D eigenvalue weighted by Crippen LogP contribution is 2.30. The molecule has 0 unspecified atom stereocenters. The summed E-state index contributed by atoms with van der Waals surface area (Å²) >= 11 is 6.00. The van der Waals surface area contributed by atoms with Gasteiger partial charge in [-0.2, -0.15) is 0 Å². The van der Waals surface area contributed by atoms with Gasteiger partial charge in [-0.25, -0.2) is 4.98 Å². The van der Waals surface area contributed by atoms with Crippen molar-refractivity contribution in [2.75, 3.05) is 0 Å². The van der Waals surface area contributed by atoms with Gasteiger partial charge < -0.3 is 0 Å². The van der Waals surface area contributed by atoms with Crippen molar-refractivity contribution in [3.8, 4) is 10.6 Å². The molecule has 78 valence electrons. The van der Waals surface area contributed by atoms with Crippen LogP contribution in [0.1, 0.15) is 0 Å². The average molecular weight is 243 g/mol. The summed E-state index contributed by atoms with van der Waals surface area (Å²) in [5.74, 6) is 0. The molecule has 0 aliphatic carbocycles. The van der Waals surface area contributed by atoms with E-state index in [1.165, 1.54) is 4.70 Å². The SMILES string of the molecule is Sc1ccc(-c2nc3ccccc3s2)cc1. The van der Waals surface area contributed by atoms with Crippen LogP contribution in [0.15, 0.2) is 53.4 Å². The topological polar surface area (TPSA) is 12.9 Å². The van der Waals surface area contributed by atoms with E-state index in [1.807, 2.05) is 30.3 Å². The van der Waals surface area contributed by atoms with E-state index in [0.717, 1.165) is 21.0 Å². The van der Waals surface area contributed by atoms with Crippen LogP contribution in [0.25, 0.3) is 20.8 Å². The van der Waals surface area contributed by atoms with Gasteiger partial charge in [-0.15, -0.1) is 24.0 Å². The Balaban J connectivity index is 2.15. The number of para-hydroxylation sites is 1. The summed E-state index contributed by atoms with van der Waals surface area (Å²) < 4.78 is 1.23. The fraction of sp³-hybridized carbons (Fsp3) is 0. The fourth-order valence-electron chi connectivity index (χ4n) is 1.60. The van der Waals surface area contributed by atoms with Gasteiger partial charge in [0.1, 0.15) is 5.01 Å². The van der Waals surface area contributed by atoms with Crippen LogP contribution in [0.3, 0.4) is 0 Å². The molecular formula is C13H9NS2. The smallest absolute Gasteiger partial charge is 0.124 e. The predicted molar refractivity (Wildman–Crippen MR) is 72.3 cm³/mol. The van der Waals surface area contributed by atoms with Gasteiger partial charge in [0.2, 0.25) is 0 Å². The molecule has 0 aliphatic rings. The molecule has 0 bridgehead atoms. The van der Waals surface area contributed by atoms with Crippen LogP contribution < -0.4 is 0 Å². The zero-order valence-corrected chi connectivity index (χ0v) is 10.1. The summed E-state index contributed by atoms with van der Waals surface area (Å²) in [4.78, 5) is 5.58. The summed E-state index contributed by atoms with van der Waals surface area (Å²) in [6.45, 7) is 0. The van der Waals surface area contributed by atoms with Gasteiger partial charge in [-0.05, 0) is 24.3 Å². The maximum atomic E-state index is 4.61. The minimum Gasteiger partial charge on any atom is -0.236 e. The van der Waals surface area contributed by atoms with E-state index >= 15 is 0 Å². The Labute approximate surface area is 103 Å². The maximum Gasteiger partial charge on any atom is 0.124 e. The van der Waals surface area contributed by atoms with Crippen molar-refractivity contribution in [1.82, 2.24) is 4.98 Å². The summed E-state index contributed by atoms with van der Waals surface area (Å²) in [6.07, 6.45) is 0. The second-order valence-electron chi connectivity index (χ2n) is 3.53. The highest BCUT2D eigenvalue weighted by atomic mass is 32.1. The molecule has 1 aromatic heterocycles. The van der Waals surface area contributed by atoms with Crippen molar-refractivity contribution in [3.63, 3.8) is 0 Å². The van der Waals surface area contributed by atoms with E-state index in [9.17, 15) is 0 Å². The van der Waals surface area contributed by atoms with E-state index in [-0.39, 0.29) is 0 Å². The Kier molecular flexibility index (Phi) is 2.42. The van der Waals surface area contributed by atoms with Gasteiger partial charge in [0.15, 0.2) is 0 Å². The van der Waals surface area contributed by atoms with E-state index in [0.29, 0.717) is 0 Å². The third-order valence-electron chi connectivity index (χ3n) is 2.41. The third-order valence-corrected chi connectivity index (χ3v) is 3.79. The second kappa shape index (κ2) is 3.92. The van der Waals surface area contributed by atoms with Crippen LogP contribution in [-0.2, 0) is 0 Å². The second-order valence-corrected chi connectivity index (χ2v) is 5.08. The Morgan fingerprint density at radius 1 is 0.938 bits per heavy atom. The number of benzene rings is 2. The van der Waals surface area contributed by atoms with Crippen molar-refractivity contribution in [2.24, 2.45) is 0 Å². The van der Waals surface area contributed by atoms with Gasteiger partial charge in [-0.3, -0.25) is 0 Å². The summed E-state index contributed by atoms with van der Waals surface area (Å²) in [6, 6.07) is 16.3. The molecule has 0 N–H and O–H groups in total. The molecule has 0 fully saturated rings. The molecule has 2 aromatic carbocycles. The molecule has 16 heavy (non-hydrogen) atoms. The lowest BCUT2D eigenvalue weighted by molar-refractivity contribution is 1.43. The van der Waals surface area contributed by atoms with Crippen molar-refractivity contribution in [2.45, 2.75) is 4.90 Å². The third kappa shape index (κ3) is 1.72. The van der Waals surface area contributed by atoms with E-state index in [2.05, 4.69) is 35.8 Å². The van der Waals surface area contributed by atoms with Crippen molar-refractivity contribution in [1.29, 1.82) is 0 Å². The zero-order chi connectivity index (χ0) is 11.0. The van der Waals surface area contributed by atoms with E-state index in [4.69, 9.17) is 0 Å². The molecule has 0 amide bonds. The minimum absolute atomic E-state index is 0.977. The Morgan fingerprint density at radius 2 is 1.69 bits per heavy atom. The van der Waals surface area contributed by atoms with Crippen LogP contribution in [-0.4, -0.2) is 4.98 Å². The molecule has 1 nitrogen and oxygen atoms in total. The number of rotatable bonds is 1. The summed E-state index contributed by atoms with van der Waals surface area (Å²) in [7, 11) is 0. The highest BCUT2D eigenvalue weighted by Gasteiger charge is 2.04. The largest absolute Gasteiger partial charge is 0.236 e. The molecule has 3 heteroatoms. The van der Waals surface area contributed by atoms with Gasteiger partial charge in [-0.1, -0.05) is 24.3 Å². The van der Waals surface area contributed by atoms with Gasteiger partial charge >= 0.3 is 0 Å². The lowest BCUT2D eigenvalue weighted by Crippen LogP contribution is -1.74. The van der Waals surface area contributed by atoms with Crippen LogP contribution in [0, 0.1) is 0 Å². The van der Waals surface area contributed by atoms with Crippen molar-refractivity contribution in [3.05, 3.63) is 48.5 Å². The number of thiol groups is 1. The first-order valence-electron chi connectivity index (χ1n) is 4.98. The highest BCUT2D eigenvalue weighted by molar-refractivity contribution is 7.80. The van der Waals surface area contributed by atoms with Gasteiger partial charge in [0.25, 0.3) is 0 Å². The molecule has 1 heterocycles. The van der Waals surface area contributed by atoms with Crippen LogP contribution >= 0.6 is 24.0 Å². The first kappa shape index (κ1) is 9.87. The number of hydrogen-bond acceptors (Lipinski definition) is 3. The molecule has 0 aliphatic heterocycles. The normalized spacial score (nSPS) is 10.8. The standard InChI is InChI=1S/C13H9NS2/c15-10-7-5-9(6-8-10)13-14-11-3-1-2-4-12(11)16-13/h1-8,15H. The number of fused-ring (bicyclic) bond motifs is 1. The first-order valence-corrected chi connectivity index (χ1v) is 6.24. The lowest BCUT2D eigenvalue weighted by atomic mass is 10.2. The van der Waals surface area contributed by atoms with Crippen molar-refractivity contribution < 1.29 is 0 Å². The monoisotopic (exact) mass is 243 g/mol. The Hall–Kier alpha value is -1.32. The summed E-state index contributed by atoms with van der Waals surface area (Å²) in [5.41, 5.74) is 2.22. The zero-order valence-electron chi connectivity index (χ0n) is 8.42. The number of aromatic nitrogens is 1. The fourth-order valence-corrected chi connectivity index (χ4v) is 2.72. The minimum atomic E-state index is 0.977. The Bertz CT molecular complexity index is 593. The van der Waals surface area contributed by atoms with Gasteiger partial charge in [0.05, 0.1) is 10.2 Å². The average Bonchev–Trinajstić information content (AvgIpc) is 2.73. The Morgan fingerprint density at radius 3 is 2.44 bits per heavy atom.